The molecule has 2 N–H and O–H groups in total. The van der Waals surface area contributed by atoms with Gasteiger partial charge in [-0.3, -0.25) is 4.79 Å². The van der Waals surface area contributed by atoms with Crippen molar-refractivity contribution in [1.82, 2.24) is 0 Å². The Labute approximate surface area is 172 Å². The Morgan fingerprint density at radius 3 is 2.33 bits per heavy atom. The van der Waals surface area contributed by atoms with Crippen LogP contribution in [0.4, 0.5) is 16.2 Å². The molecule has 27 heavy (non-hydrogen) atoms. The van der Waals surface area contributed by atoms with Gasteiger partial charge < -0.3 is 20.1 Å². The average Bonchev–Trinajstić information content (AvgIpc) is 2.56. The molecular formula is C20H23IN2O4. The third-order valence-electron chi connectivity index (χ3n) is 3.40. The number of halogens is 1. The fourth-order valence-corrected chi connectivity index (χ4v) is 2.85. The molecule has 0 saturated heterocycles. The number of methoxy groups -OCH3 is 1. The molecule has 7 heteroatoms. The minimum absolute atomic E-state index is 0.127. The number of nitrogens with one attached hydrogen (secondary N) is 2. The zero-order valence-electron chi connectivity index (χ0n) is 15.8. The van der Waals surface area contributed by atoms with Crippen molar-refractivity contribution in [2.45, 2.75) is 32.8 Å². The number of rotatable bonds is 5. The Morgan fingerprint density at radius 2 is 1.70 bits per heavy atom. The topological polar surface area (TPSA) is 76.7 Å². The number of urea groups is 1. The summed E-state index contributed by atoms with van der Waals surface area (Å²) in [5.41, 5.74) is 1.44. The first kappa shape index (κ1) is 21.0. The van der Waals surface area contributed by atoms with Gasteiger partial charge in [0.1, 0.15) is 11.4 Å². The van der Waals surface area contributed by atoms with Crippen molar-refractivity contribution in [1.29, 1.82) is 0 Å². The third-order valence-corrected chi connectivity index (χ3v) is 4.35. The van der Waals surface area contributed by atoms with E-state index in [1.54, 1.807) is 18.2 Å². The molecule has 0 aromatic heterocycles. The van der Waals surface area contributed by atoms with Crippen LogP contribution in [0.15, 0.2) is 42.5 Å². The summed E-state index contributed by atoms with van der Waals surface area (Å²) in [6, 6.07) is 12.3. The van der Waals surface area contributed by atoms with Crippen molar-refractivity contribution in [3.63, 3.8) is 0 Å². The second-order valence-electron chi connectivity index (χ2n) is 6.86. The van der Waals surface area contributed by atoms with Gasteiger partial charge >= 0.3 is 12.0 Å². The van der Waals surface area contributed by atoms with E-state index in [1.807, 2.05) is 45.0 Å². The van der Waals surface area contributed by atoms with Crippen LogP contribution >= 0.6 is 22.6 Å². The van der Waals surface area contributed by atoms with Gasteiger partial charge in [-0.2, -0.15) is 0 Å². The predicted octanol–water partition coefficient (Wildman–Crippen LogP) is 4.83. The maximum absolute atomic E-state index is 12.3. The second kappa shape index (κ2) is 9.07. The first-order valence-electron chi connectivity index (χ1n) is 8.39. The molecule has 0 fully saturated rings. The minimum atomic E-state index is -0.532. The molecule has 0 aliphatic heterocycles. The number of benzene rings is 2. The Kier molecular flexibility index (Phi) is 7.06. The highest BCUT2D eigenvalue weighted by atomic mass is 127. The summed E-state index contributed by atoms with van der Waals surface area (Å²) in [6.07, 6.45) is 0.127. The molecule has 2 aromatic carbocycles. The molecule has 0 heterocycles. The highest BCUT2D eigenvalue weighted by molar-refractivity contribution is 14.1. The predicted molar refractivity (Wildman–Crippen MR) is 114 cm³/mol. The number of carbonyl (C=O) groups is 2. The van der Waals surface area contributed by atoms with Gasteiger partial charge in [-0.15, -0.1) is 0 Å². The second-order valence-corrected chi connectivity index (χ2v) is 8.02. The fourth-order valence-electron chi connectivity index (χ4n) is 2.33. The number of hydrogen-bond acceptors (Lipinski definition) is 4. The van der Waals surface area contributed by atoms with Crippen molar-refractivity contribution >= 4 is 46.0 Å². The summed E-state index contributed by atoms with van der Waals surface area (Å²) in [4.78, 5) is 24.2. The summed E-state index contributed by atoms with van der Waals surface area (Å²) in [5, 5.41) is 5.56. The fraction of sp³-hybridized carbons (Fsp3) is 0.300. The lowest BCUT2D eigenvalue weighted by Gasteiger charge is -2.19. The first-order chi connectivity index (χ1) is 12.7. The van der Waals surface area contributed by atoms with E-state index in [9.17, 15) is 9.59 Å². The van der Waals surface area contributed by atoms with E-state index in [1.165, 1.54) is 7.11 Å². The molecule has 0 aliphatic rings. The number of anilines is 2. The van der Waals surface area contributed by atoms with Crippen molar-refractivity contribution in [2.75, 3.05) is 17.7 Å². The maximum Gasteiger partial charge on any atom is 0.323 e. The first-order valence-corrected chi connectivity index (χ1v) is 9.47. The number of amides is 2. The Morgan fingerprint density at radius 1 is 1.04 bits per heavy atom. The molecule has 0 radical (unpaired) electrons. The molecule has 2 aromatic rings. The molecule has 0 aliphatic carbocycles. The summed E-state index contributed by atoms with van der Waals surface area (Å²) in [7, 11) is 1.51. The summed E-state index contributed by atoms with van der Waals surface area (Å²) in [6.45, 7) is 5.47. The standard InChI is InChI=1S/C20H23IN2O4/c1-20(2,3)27-18(24)12-13-9-10-16(17(11-13)26-4)23-19(25)22-15-8-6-5-7-14(15)21/h5-11H,12H2,1-4H3,(H2,22,23,25). The van der Waals surface area contributed by atoms with Gasteiger partial charge in [-0.1, -0.05) is 18.2 Å². The molecule has 144 valence electrons. The molecule has 0 bridgehead atoms. The monoisotopic (exact) mass is 482 g/mol. The van der Waals surface area contributed by atoms with Crippen molar-refractivity contribution in [3.8, 4) is 5.75 Å². The molecule has 6 nitrogen and oxygen atoms in total. The van der Waals surface area contributed by atoms with E-state index in [4.69, 9.17) is 9.47 Å². The maximum atomic E-state index is 12.3. The van der Waals surface area contributed by atoms with E-state index in [2.05, 4.69) is 33.2 Å². The van der Waals surface area contributed by atoms with Gasteiger partial charge in [-0.25, -0.2) is 4.79 Å². The van der Waals surface area contributed by atoms with Crippen LogP contribution in [0.5, 0.6) is 5.75 Å². The molecule has 0 unspecified atom stereocenters. The summed E-state index contributed by atoms with van der Waals surface area (Å²) in [5.74, 6) is 0.149. The molecule has 0 spiro atoms. The molecule has 2 amide bonds. The number of ether oxygens (including phenoxy) is 2. The highest BCUT2D eigenvalue weighted by Gasteiger charge is 2.17. The van der Waals surface area contributed by atoms with Crippen LogP contribution in [0.1, 0.15) is 26.3 Å². The van der Waals surface area contributed by atoms with Crippen LogP contribution in [-0.2, 0) is 16.0 Å². The summed E-state index contributed by atoms with van der Waals surface area (Å²) >= 11 is 2.15. The van der Waals surface area contributed by atoms with Crippen LogP contribution in [0.3, 0.4) is 0 Å². The van der Waals surface area contributed by atoms with Crippen LogP contribution in [0.25, 0.3) is 0 Å². The van der Waals surface area contributed by atoms with Gasteiger partial charge in [0, 0.05) is 3.57 Å². The lowest BCUT2D eigenvalue weighted by atomic mass is 10.1. The smallest absolute Gasteiger partial charge is 0.323 e. The SMILES string of the molecule is COc1cc(CC(=O)OC(C)(C)C)ccc1NC(=O)Nc1ccccc1I. The van der Waals surface area contributed by atoms with Gasteiger partial charge in [0.05, 0.1) is 24.9 Å². The number of carbonyl (C=O) groups excluding carboxylic acids is 2. The quantitative estimate of drug-likeness (QED) is 0.473. The highest BCUT2D eigenvalue weighted by Crippen LogP contribution is 2.27. The van der Waals surface area contributed by atoms with Crippen LogP contribution in [0.2, 0.25) is 0 Å². The average molecular weight is 482 g/mol. The number of hydrogen-bond donors (Lipinski definition) is 2. The number of esters is 1. The Hall–Kier alpha value is -2.29. The number of para-hydroxylation sites is 1. The van der Waals surface area contributed by atoms with Gasteiger partial charge in [0.25, 0.3) is 0 Å². The van der Waals surface area contributed by atoms with Crippen molar-refractivity contribution < 1.29 is 19.1 Å². The lowest BCUT2D eigenvalue weighted by molar-refractivity contribution is -0.153. The zero-order chi connectivity index (χ0) is 20.0. The third kappa shape index (κ3) is 6.74. The van der Waals surface area contributed by atoms with Crippen molar-refractivity contribution in [3.05, 3.63) is 51.6 Å². The van der Waals surface area contributed by atoms with E-state index >= 15 is 0 Å². The van der Waals surface area contributed by atoms with Crippen LogP contribution in [0, 0.1) is 3.57 Å². The van der Waals surface area contributed by atoms with Gasteiger partial charge in [0.2, 0.25) is 0 Å². The zero-order valence-corrected chi connectivity index (χ0v) is 17.9. The molecule has 2 rings (SSSR count). The largest absolute Gasteiger partial charge is 0.495 e. The normalized spacial score (nSPS) is 10.9. The van der Waals surface area contributed by atoms with Gasteiger partial charge in [0.15, 0.2) is 0 Å². The molecule has 0 saturated carbocycles. The van der Waals surface area contributed by atoms with Gasteiger partial charge in [-0.05, 0) is 73.2 Å². The Balaban J connectivity index is 2.06. The molecule has 0 atom stereocenters. The van der Waals surface area contributed by atoms with E-state index in [-0.39, 0.29) is 18.4 Å². The van der Waals surface area contributed by atoms with E-state index in [0.29, 0.717) is 11.4 Å². The summed E-state index contributed by atoms with van der Waals surface area (Å²) < 4.78 is 11.6. The molecular weight excluding hydrogens is 459 g/mol. The lowest BCUT2D eigenvalue weighted by Crippen LogP contribution is -2.25. The van der Waals surface area contributed by atoms with Crippen molar-refractivity contribution in [2.24, 2.45) is 0 Å². The van der Waals surface area contributed by atoms with Crippen LogP contribution in [-0.4, -0.2) is 24.7 Å². The van der Waals surface area contributed by atoms with Crippen LogP contribution < -0.4 is 15.4 Å². The Bertz CT molecular complexity index is 831. The van der Waals surface area contributed by atoms with E-state index < -0.39 is 5.60 Å². The van der Waals surface area contributed by atoms with E-state index in [0.717, 1.165) is 14.8 Å². The minimum Gasteiger partial charge on any atom is -0.495 e.